The van der Waals surface area contributed by atoms with E-state index in [9.17, 15) is 43.5 Å². The van der Waals surface area contributed by atoms with Gasteiger partial charge in [-0.05, 0) is 141 Å². The monoisotopic (exact) mass is 1590 g/mol. The number of ether oxygens (including phenoxy) is 3. The first-order valence-electron chi connectivity index (χ1n) is 43.8. The van der Waals surface area contributed by atoms with Gasteiger partial charge in [-0.1, -0.05) is 352 Å². The van der Waals surface area contributed by atoms with E-state index in [1.807, 2.05) is 0 Å². The first-order valence-corrected chi connectivity index (χ1v) is 46.8. The van der Waals surface area contributed by atoms with Crippen molar-refractivity contribution in [2.45, 2.75) is 373 Å². The molecule has 0 fully saturated rings. The van der Waals surface area contributed by atoms with Crippen molar-refractivity contribution in [2.75, 3.05) is 39.6 Å². The molecule has 0 rings (SSSR count). The Kier molecular flexibility index (Phi) is 80.9. The van der Waals surface area contributed by atoms with Crippen molar-refractivity contribution in [1.29, 1.82) is 0 Å². The molecule has 0 aliphatic rings. The SMILES string of the molecule is CC/C=C\C/C=C\C/C=C\C/C=C\C/C=C\C/C=C\CCCCCCCCCCCCCCCCCCC(=O)OCC(O)COP(=O)(O)OCC(O)COP(=O)(O)OCC(COC(=O)CCCCCCCCCCCCC/C=C\C/C=C\C/C=C\C/C=C\C/C=C\CC)OC(=O)CCCCCCC/C=C\C/C=C\CCC. The smallest absolute Gasteiger partial charge is 0.463 e. The Morgan fingerprint density at radius 3 is 0.757 bits per heavy atom. The summed E-state index contributed by atoms with van der Waals surface area (Å²) in [5.41, 5.74) is 0. The molecule has 0 bridgehead atoms. The van der Waals surface area contributed by atoms with Gasteiger partial charge < -0.3 is 34.2 Å². The quantitative estimate of drug-likeness (QED) is 0.0146. The number of hydrogen-bond donors (Lipinski definition) is 4. The highest BCUT2D eigenvalue weighted by molar-refractivity contribution is 7.47. The summed E-state index contributed by atoms with van der Waals surface area (Å²) in [6, 6.07) is 0. The van der Waals surface area contributed by atoms with Crippen LogP contribution in [-0.4, -0.2) is 95.9 Å². The summed E-state index contributed by atoms with van der Waals surface area (Å²) in [5, 5.41) is 20.7. The lowest BCUT2D eigenvalue weighted by atomic mass is 10.0. The van der Waals surface area contributed by atoms with Crippen LogP contribution in [0.2, 0.25) is 0 Å². The molecule has 0 radical (unpaired) electrons. The minimum atomic E-state index is -4.94. The summed E-state index contributed by atoms with van der Waals surface area (Å²) < 4.78 is 61.3. The molecule has 0 spiro atoms. The third kappa shape index (κ3) is 85.9. The largest absolute Gasteiger partial charge is 0.472 e. The lowest BCUT2D eigenvalue weighted by Crippen LogP contribution is -2.30. The van der Waals surface area contributed by atoms with Crippen LogP contribution in [0.5, 0.6) is 0 Å². The molecule has 636 valence electrons. The van der Waals surface area contributed by atoms with Crippen molar-refractivity contribution in [3.05, 3.63) is 158 Å². The number of hydrogen-bond acceptors (Lipinski definition) is 14. The number of allylic oxidation sites excluding steroid dienone is 26. The number of aliphatic hydroxyl groups excluding tert-OH is 2. The van der Waals surface area contributed by atoms with Crippen molar-refractivity contribution >= 4 is 33.6 Å². The van der Waals surface area contributed by atoms with Crippen LogP contribution < -0.4 is 0 Å². The maximum absolute atomic E-state index is 13.0. The number of phosphoric acid groups is 2. The van der Waals surface area contributed by atoms with Gasteiger partial charge in [0.25, 0.3) is 0 Å². The number of esters is 3. The Morgan fingerprint density at radius 2 is 0.477 bits per heavy atom. The number of carbonyl (C=O) groups excluding carboxylic acids is 3. The molecular formula is C93H158O16P2. The highest BCUT2D eigenvalue weighted by Crippen LogP contribution is 2.45. The Balaban J connectivity index is 4.40. The van der Waals surface area contributed by atoms with Gasteiger partial charge in [-0.2, -0.15) is 0 Å². The third-order valence-corrected chi connectivity index (χ3v) is 20.1. The van der Waals surface area contributed by atoms with Gasteiger partial charge in [0.15, 0.2) is 6.10 Å². The van der Waals surface area contributed by atoms with Crippen LogP contribution in [0.4, 0.5) is 0 Å². The van der Waals surface area contributed by atoms with Crippen LogP contribution in [0.15, 0.2) is 158 Å². The molecular weight excluding hydrogens is 1430 g/mol. The van der Waals surface area contributed by atoms with Crippen LogP contribution in [-0.2, 0) is 55.8 Å². The molecule has 0 aromatic rings. The zero-order chi connectivity index (χ0) is 80.8. The summed E-state index contributed by atoms with van der Waals surface area (Å²) in [6.45, 7) is 2.39. The molecule has 0 aromatic carbocycles. The number of phosphoric ester groups is 2. The van der Waals surface area contributed by atoms with Crippen molar-refractivity contribution in [3.63, 3.8) is 0 Å². The van der Waals surface area contributed by atoms with E-state index >= 15 is 0 Å². The summed E-state index contributed by atoms with van der Waals surface area (Å²) in [7, 11) is -9.80. The molecule has 0 aliphatic carbocycles. The standard InChI is InChI=1S/C93H158O16P2/c1-4-7-10-13-16-19-22-25-27-29-31-33-35-37-39-40-41-42-43-44-45-46-48-50-51-53-55-57-59-62-64-67-70-73-76-79-91(96)103-82-88(94)83-105-110(99,100)106-84-89(95)85-107-111(101,102)108-87-90(109-93(98)81-78-75-72-69-66-61-24-21-18-15-12-9-6-3)86-104-92(97)80-77-74-71-68-65-63-60-58-56-54-52-49-47-38-36-34-32-30-28-26-23-20-17-14-11-8-5-2/h7-8,10-12,15-17,19-21,24-28,31-34,37-39,41-42,47,88-90,94-95H,4-6,9,13-14,18,22-23,29-30,35-36,40,43-46,48-87H2,1-3H3,(H,99,100)(H,101,102)/b10-7-,11-8-,15-12-,19-16-,20-17-,24-21-,27-25-,28-26-,33-31-,34-32-,39-37-,42-41-,47-38-. The molecule has 0 amide bonds. The summed E-state index contributed by atoms with van der Waals surface area (Å²) >= 11 is 0. The number of aliphatic hydroxyl groups is 2. The van der Waals surface area contributed by atoms with Crippen LogP contribution in [0, 0.1) is 0 Å². The van der Waals surface area contributed by atoms with E-state index in [1.54, 1.807) is 0 Å². The van der Waals surface area contributed by atoms with E-state index in [1.165, 1.54) is 122 Å². The maximum atomic E-state index is 13.0. The maximum Gasteiger partial charge on any atom is 0.472 e. The van der Waals surface area contributed by atoms with Gasteiger partial charge in [-0.25, -0.2) is 9.13 Å². The Hall–Kier alpha value is -4.83. The van der Waals surface area contributed by atoms with Crippen LogP contribution in [0.1, 0.15) is 355 Å². The summed E-state index contributed by atoms with van der Waals surface area (Å²) in [6.07, 6.45) is 107. The van der Waals surface area contributed by atoms with Gasteiger partial charge in [0.05, 0.1) is 26.4 Å². The minimum absolute atomic E-state index is 0.0854. The molecule has 16 nitrogen and oxygen atoms in total. The number of unbranched alkanes of at least 4 members (excludes halogenated alkanes) is 33. The van der Waals surface area contributed by atoms with Crippen molar-refractivity contribution in [1.82, 2.24) is 0 Å². The molecule has 0 saturated heterocycles. The highest BCUT2D eigenvalue weighted by atomic mass is 31.2. The van der Waals surface area contributed by atoms with E-state index < -0.39 is 91.5 Å². The average Bonchev–Trinajstić information content (AvgIpc) is 0.903. The molecule has 18 heteroatoms. The van der Waals surface area contributed by atoms with Gasteiger partial charge in [0.1, 0.15) is 25.4 Å². The van der Waals surface area contributed by atoms with Gasteiger partial charge in [0.2, 0.25) is 0 Å². The Labute approximate surface area is 676 Å². The molecule has 0 aromatic heterocycles. The van der Waals surface area contributed by atoms with Gasteiger partial charge in [-0.3, -0.25) is 32.5 Å². The minimum Gasteiger partial charge on any atom is -0.463 e. The van der Waals surface area contributed by atoms with E-state index in [0.717, 1.165) is 173 Å². The predicted molar refractivity (Wildman–Crippen MR) is 463 cm³/mol. The second-order valence-corrected chi connectivity index (χ2v) is 31.8. The lowest BCUT2D eigenvalue weighted by Gasteiger charge is -2.21. The first kappa shape index (κ1) is 106. The first-order chi connectivity index (χ1) is 54.2. The second-order valence-electron chi connectivity index (χ2n) is 28.9. The van der Waals surface area contributed by atoms with Gasteiger partial charge >= 0.3 is 33.6 Å². The predicted octanol–water partition coefficient (Wildman–Crippen LogP) is 26.5. The highest BCUT2D eigenvalue weighted by Gasteiger charge is 2.29. The fraction of sp³-hybridized carbons (Fsp3) is 0.688. The van der Waals surface area contributed by atoms with Gasteiger partial charge in [0, 0.05) is 19.3 Å². The molecule has 0 heterocycles. The van der Waals surface area contributed by atoms with Gasteiger partial charge in [-0.15, -0.1) is 0 Å². The lowest BCUT2D eigenvalue weighted by molar-refractivity contribution is -0.161. The molecule has 5 atom stereocenters. The Morgan fingerprint density at radius 1 is 0.261 bits per heavy atom. The number of carbonyl (C=O) groups is 3. The molecule has 0 aliphatic heterocycles. The number of rotatable bonds is 82. The van der Waals surface area contributed by atoms with Crippen LogP contribution >= 0.6 is 15.6 Å². The summed E-state index contributed by atoms with van der Waals surface area (Å²) in [4.78, 5) is 58.8. The average molecular weight is 1590 g/mol. The van der Waals surface area contributed by atoms with Crippen molar-refractivity contribution in [2.24, 2.45) is 0 Å². The van der Waals surface area contributed by atoms with E-state index in [4.69, 9.17) is 32.3 Å². The topological polar surface area (TPSA) is 231 Å². The zero-order valence-electron chi connectivity index (χ0n) is 69.8. The molecule has 4 N–H and O–H groups in total. The van der Waals surface area contributed by atoms with Crippen LogP contribution in [0.25, 0.3) is 0 Å². The Bertz CT molecular complexity index is 2650. The van der Waals surface area contributed by atoms with Crippen molar-refractivity contribution < 1.29 is 75.8 Å². The molecule has 111 heavy (non-hydrogen) atoms. The van der Waals surface area contributed by atoms with E-state index in [-0.39, 0.29) is 19.3 Å². The van der Waals surface area contributed by atoms with Crippen molar-refractivity contribution in [3.8, 4) is 0 Å². The van der Waals surface area contributed by atoms with E-state index in [2.05, 4.69) is 179 Å². The molecule has 5 unspecified atom stereocenters. The van der Waals surface area contributed by atoms with Crippen LogP contribution in [0.3, 0.4) is 0 Å². The fourth-order valence-electron chi connectivity index (χ4n) is 11.6. The third-order valence-electron chi connectivity index (χ3n) is 18.2. The molecule has 0 saturated carbocycles. The summed E-state index contributed by atoms with van der Waals surface area (Å²) in [5.74, 6) is -1.59. The second kappa shape index (κ2) is 84.6. The van der Waals surface area contributed by atoms with E-state index in [0.29, 0.717) is 19.3 Å². The normalized spacial score (nSPS) is 14.6. The fourth-order valence-corrected chi connectivity index (χ4v) is 13.2. The zero-order valence-corrected chi connectivity index (χ0v) is 71.6.